The fourth-order valence-electron chi connectivity index (χ4n) is 12.0. The molecule has 0 unspecified atom stereocenters. The molecule has 47 heteroatoms. The van der Waals surface area contributed by atoms with Gasteiger partial charge in [0.05, 0.1) is 38.7 Å². The van der Waals surface area contributed by atoms with Gasteiger partial charge in [0.2, 0.25) is 23.6 Å². The van der Waals surface area contributed by atoms with Gasteiger partial charge in [-0.05, 0) is 68.4 Å². The summed E-state index contributed by atoms with van der Waals surface area (Å²) in [6.07, 6.45) is -1.53. The third kappa shape index (κ3) is 23.9. The van der Waals surface area contributed by atoms with E-state index in [9.17, 15) is 85.0 Å². The molecule has 122 heavy (non-hydrogen) atoms. The number of alkyl halides is 12. The first-order valence-corrected chi connectivity index (χ1v) is 37.8. The second-order valence-electron chi connectivity index (χ2n) is 28.5. The topological polar surface area (TPSA) is 365 Å². The lowest BCUT2D eigenvalue weighted by atomic mass is 9.87. The number of H-pyrrole nitrogens is 4. The largest absolute Gasteiger partial charge is 0.405 e. The normalized spacial score (nSPS) is 13.4. The van der Waals surface area contributed by atoms with E-state index in [4.69, 9.17) is 46.4 Å². The van der Waals surface area contributed by atoms with E-state index in [1.54, 1.807) is 121 Å². The summed E-state index contributed by atoms with van der Waals surface area (Å²) in [7, 11) is 3.00. The zero-order valence-corrected chi connectivity index (χ0v) is 68.8. The molecule has 4 amide bonds. The first-order valence-electron chi connectivity index (χ1n) is 36.3. The summed E-state index contributed by atoms with van der Waals surface area (Å²) in [4.78, 5) is 114. The molecule has 0 aromatic carbocycles. The van der Waals surface area contributed by atoms with Gasteiger partial charge in [0, 0.05) is 121 Å². The summed E-state index contributed by atoms with van der Waals surface area (Å²) >= 11 is 24.0. The van der Waals surface area contributed by atoms with E-state index in [1.165, 1.54) is 56.8 Å². The fourth-order valence-corrected chi connectivity index (χ4v) is 12.6. The van der Waals surface area contributed by atoms with E-state index in [0.717, 1.165) is 24.0 Å². The van der Waals surface area contributed by atoms with Gasteiger partial charge in [0.25, 0.3) is 0 Å². The molecule has 12 aromatic heterocycles. The Hall–Kier alpha value is -11.7. The number of nitrogens with zero attached hydrogens (tertiary/aromatic N) is 14. The highest BCUT2D eigenvalue weighted by Gasteiger charge is 2.42. The SMILES string of the molecule is CC(C)[C@H](C(=O)NCC(F)(F)F)N(C)c1ccnc(-c2c[nH]c3ncc(Cl)cc23)n1.CC(C)[C@H](C(=O)NCC(F)(F)F)N(C)c1nc(-c2c[nH]c3ncc(Cl)cc23)ncc1F.CC(C)[C@](C)(Nc1nc(-c2c[nH]c3ncc(Cl)cc23)ncc1F)C(=O)NCC(F)(F)F.CC[C@](C)(Nc1nc(-c2c[nH]c3ncc(Cl)cc23)ncc1F)C(=O)NCC(F)(F)F.[HH].[HH].[HH].[HH].[HH]. The average molecular weight is 1810 g/mol. The van der Waals surface area contributed by atoms with E-state index in [2.05, 4.69) is 90.4 Å². The van der Waals surface area contributed by atoms with Gasteiger partial charge in [-0.15, -0.1) is 0 Å². The lowest BCUT2D eigenvalue weighted by Gasteiger charge is -2.34. The highest BCUT2D eigenvalue weighted by atomic mass is 35.5. The van der Waals surface area contributed by atoms with Gasteiger partial charge in [0.15, 0.2) is 58.2 Å². The van der Waals surface area contributed by atoms with E-state index < -0.39 is 127 Å². The first-order chi connectivity index (χ1) is 57.0. The zero-order chi connectivity index (χ0) is 90.1. The number of pyridine rings is 4. The molecular formula is C75H85Cl4F15N24O4. The van der Waals surface area contributed by atoms with Crippen LogP contribution >= 0.6 is 46.4 Å². The van der Waals surface area contributed by atoms with Crippen LogP contribution in [0.15, 0.2) is 105 Å². The second-order valence-corrected chi connectivity index (χ2v) is 30.3. The molecule has 0 aliphatic carbocycles. The Morgan fingerprint density at radius 2 is 0.762 bits per heavy atom. The predicted molar refractivity (Wildman–Crippen MR) is 438 cm³/mol. The molecular weight excluding hydrogens is 1730 g/mol. The second kappa shape index (κ2) is 38.6. The summed E-state index contributed by atoms with van der Waals surface area (Å²) < 4.78 is 193. The van der Waals surface area contributed by atoms with Crippen molar-refractivity contribution >= 4 is 137 Å². The number of aromatic amines is 4. The van der Waals surface area contributed by atoms with Crippen LogP contribution in [0.4, 0.5) is 89.1 Å². The minimum Gasteiger partial charge on any atom is -0.354 e. The van der Waals surface area contributed by atoms with Crippen molar-refractivity contribution in [1.29, 1.82) is 0 Å². The van der Waals surface area contributed by atoms with E-state index in [1.807, 2.05) is 16.0 Å². The third-order valence-electron chi connectivity index (χ3n) is 18.6. The maximum absolute atomic E-state index is 14.6. The first kappa shape index (κ1) is 94.1. The van der Waals surface area contributed by atoms with Crippen molar-refractivity contribution in [1.82, 2.24) is 101 Å². The van der Waals surface area contributed by atoms with Crippen LogP contribution in [0.2, 0.25) is 20.1 Å². The summed E-state index contributed by atoms with van der Waals surface area (Å²) in [6.45, 7) is 8.46. The Balaban J connectivity index is 0.000000350. The molecule has 0 saturated heterocycles. The minimum atomic E-state index is -4.58. The van der Waals surface area contributed by atoms with Crippen molar-refractivity contribution in [2.75, 3.05) is 60.7 Å². The van der Waals surface area contributed by atoms with Crippen molar-refractivity contribution in [2.45, 2.75) is 117 Å². The Bertz CT molecular complexity index is 5760. The number of rotatable bonds is 24. The summed E-state index contributed by atoms with van der Waals surface area (Å²) in [5.41, 5.74) is 1.19. The predicted octanol–water partition coefficient (Wildman–Crippen LogP) is 17.4. The Morgan fingerprint density at radius 3 is 1.11 bits per heavy atom. The molecule has 0 saturated carbocycles. The molecule has 0 aliphatic rings. The Labute approximate surface area is 710 Å². The van der Waals surface area contributed by atoms with Gasteiger partial charge in [0.1, 0.15) is 77.7 Å². The van der Waals surface area contributed by atoms with Crippen LogP contribution in [0.5, 0.6) is 0 Å². The highest BCUT2D eigenvalue weighted by molar-refractivity contribution is 6.32. The molecule has 0 radical (unpaired) electrons. The van der Waals surface area contributed by atoms with Crippen LogP contribution in [0, 0.1) is 35.2 Å². The smallest absolute Gasteiger partial charge is 0.354 e. The van der Waals surface area contributed by atoms with Gasteiger partial charge < -0.3 is 61.6 Å². The van der Waals surface area contributed by atoms with Crippen LogP contribution in [0.3, 0.4) is 0 Å². The molecule has 0 aliphatic heterocycles. The molecule has 662 valence electrons. The lowest BCUT2D eigenvalue weighted by molar-refractivity contribution is -0.141. The molecule has 0 spiro atoms. The maximum atomic E-state index is 14.6. The average Bonchev–Trinajstić information content (AvgIpc) is 1.69. The van der Waals surface area contributed by atoms with Gasteiger partial charge in [-0.1, -0.05) is 94.9 Å². The molecule has 12 heterocycles. The van der Waals surface area contributed by atoms with Crippen LogP contribution in [-0.4, -0.2) is 192 Å². The van der Waals surface area contributed by atoms with E-state index >= 15 is 0 Å². The summed E-state index contributed by atoms with van der Waals surface area (Å²) in [5, 5.41) is 16.8. The van der Waals surface area contributed by atoms with E-state index in [0.29, 0.717) is 92.7 Å². The number of halogens is 19. The monoisotopic (exact) mass is 1810 g/mol. The van der Waals surface area contributed by atoms with Crippen molar-refractivity contribution in [3.05, 3.63) is 142 Å². The molecule has 0 bridgehead atoms. The van der Waals surface area contributed by atoms with Crippen molar-refractivity contribution < 1.29 is 92.2 Å². The number of nitrogens with one attached hydrogen (secondary N) is 10. The maximum Gasteiger partial charge on any atom is 0.405 e. The summed E-state index contributed by atoms with van der Waals surface area (Å²) in [5.74, 6) is -7.01. The minimum absolute atomic E-state index is 0. The number of likely N-dealkylation sites (N-methyl/N-ethyl adjacent to an activating group) is 2. The van der Waals surface area contributed by atoms with Gasteiger partial charge in [-0.2, -0.15) is 52.7 Å². The highest BCUT2D eigenvalue weighted by Crippen LogP contribution is 2.36. The summed E-state index contributed by atoms with van der Waals surface area (Å²) in [6, 6.07) is 6.29. The number of carbonyl (C=O) groups is 4. The standard InChI is InChI=1S/2C19H19ClF4N6O.C19H20ClF3N6O.C18H17ClF4N6O.5H2/c1-9(2)18(3,17(31)28-8-19(22,23)24)30-16-13(21)7-27-15(29-16)12-6-26-14-11(12)4-10(20)5-25-14;1-9(2)14(18(31)28-8-19(22,23)24)30(3)17-13(21)7-27-16(29-17)12-6-26-15-11(12)4-10(20)5-25-15;1-10(2)15(18(30)27-9-19(21,22)23)29(3)14-4-5-24-17(28-14)13-8-26-16-12(13)6-11(20)7-25-16;1-3-17(2,16(30)27-8-18(21,22)23)29-15-12(20)7-26-14(28-15)11-6-25-13-10(11)4-9(19)5-24-13;;;;;/h4-7,9H,8H2,1-3H3,(H,25,26)(H,28,31)(H,27,29,30);4-7,9,14H,8H2,1-3H3,(H,25,26)(H,28,31);4-8,10,15H,9H2,1-3H3,(H,25,26)(H,27,30);4-7H,3,8H2,1-2H3,(H,24,25)(H,27,30)(H,26,28,29);5*1H/t18-;14-;15-;17-;;;;;/m0110...../s1. The molecule has 10 N–H and O–H groups in total. The molecule has 28 nitrogen and oxygen atoms in total. The third-order valence-corrected chi connectivity index (χ3v) is 19.4. The van der Waals surface area contributed by atoms with Crippen LogP contribution < -0.4 is 41.7 Å². The van der Waals surface area contributed by atoms with Gasteiger partial charge >= 0.3 is 24.7 Å². The van der Waals surface area contributed by atoms with Crippen molar-refractivity contribution in [3.8, 4) is 45.6 Å². The van der Waals surface area contributed by atoms with Gasteiger partial charge in [-0.3, -0.25) is 19.2 Å². The molecule has 0 fully saturated rings. The lowest BCUT2D eigenvalue weighted by Crippen LogP contribution is -2.55. The molecule has 4 atom stereocenters. The van der Waals surface area contributed by atoms with Crippen molar-refractivity contribution in [2.24, 2.45) is 17.8 Å². The van der Waals surface area contributed by atoms with Crippen LogP contribution in [-0.2, 0) is 19.2 Å². The Morgan fingerprint density at radius 1 is 0.434 bits per heavy atom. The van der Waals surface area contributed by atoms with Crippen LogP contribution in [0.25, 0.3) is 89.7 Å². The molecule has 12 rings (SSSR count). The Kier molecular flexibility index (Phi) is 29.7. The fraction of sp³-hybridized carbons (Fsp3) is 0.360. The van der Waals surface area contributed by atoms with E-state index in [-0.39, 0.29) is 54.4 Å². The van der Waals surface area contributed by atoms with Crippen molar-refractivity contribution in [3.63, 3.8) is 0 Å². The number of amides is 4. The van der Waals surface area contributed by atoms with Crippen LogP contribution in [0.1, 0.15) is 75.9 Å². The number of aromatic nitrogens is 16. The number of fused-ring (bicyclic) bond motifs is 4. The number of hydrogen-bond donors (Lipinski definition) is 10. The number of hydrogen-bond acceptors (Lipinski definition) is 20. The zero-order valence-electron chi connectivity index (χ0n) is 65.8. The number of anilines is 4. The van der Waals surface area contributed by atoms with Gasteiger partial charge in [-0.25, -0.2) is 73.0 Å². The quantitative estimate of drug-likeness (QED) is 0.0251. The number of carbonyl (C=O) groups excluding carboxylic acids is 4. The molecule has 12 aromatic rings.